The lowest BCUT2D eigenvalue weighted by molar-refractivity contribution is -0.118. The van der Waals surface area contributed by atoms with Crippen molar-refractivity contribution in [2.24, 2.45) is 0 Å². The summed E-state index contributed by atoms with van der Waals surface area (Å²) in [6.07, 6.45) is 0. The summed E-state index contributed by atoms with van der Waals surface area (Å²) in [5, 5.41) is 3.80. The van der Waals surface area contributed by atoms with Crippen molar-refractivity contribution >= 4 is 28.3 Å². The maximum absolute atomic E-state index is 12.2. The van der Waals surface area contributed by atoms with Crippen LogP contribution in [-0.4, -0.2) is 43.8 Å². The molecule has 27 heavy (non-hydrogen) atoms. The van der Waals surface area contributed by atoms with E-state index in [1.807, 2.05) is 60.7 Å². The van der Waals surface area contributed by atoms with E-state index in [9.17, 15) is 4.79 Å². The van der Waals surface area contributed by atoms with Gasteiger partial charge in [-0.3, -0.25) is 4.79 Å². The standard InChI is InChI=1S/C21H21N3O3/c25-20(22-17-6-2-1-3-7-17)15-27-18-8-4-5-16-9-10-19(23-21(16)18)24-11-13-26-14-12-24/h1-10H,11-15H2,(H,22,25). The highest BCUT2D eigenvalue weighted by molar-refractivity contribution is 5.92. The average Bonchev–Trinajstić information content (AvgIpc) is 2.73. The zero-order valence-electron chi connectivity index (χ0n) is 14.9. The number of carbonyl (C=O) groups is 1. The molecule has 0 radical (unpaired) electrons. The maximum Gasteiger partial charge on any atom is 0.262 e. The Morgan fingerprint density at radius 3 is 2.67 bits per heavy atom. The SMILES string of the molecule is O=C(COc1cccc2ccc(N3CCOCC3)nc12)Nc1ccccc1. The quantitative estimate of drug-likeness (QED) is 0.755. The van der Waals surface area contributed by atoms with Crippen LogP contribution >= 0.6 is 0 Å². The van der Waals surface area contributed by atoms with E-state index in [0.29, 0.717) is 19.0 Å². The molecule has 1 fully saturated rings. The highest BCUT2D eigenvalue weighted by atomic mass is 16.5. The average molecular weight is 363 g/mol. The Bertz CT molecular complexity index is 924. The van der Waals surface area contributed by atoms with Gasteiger partial charge in [0, 0.05) is 24.2 Å². The fourth-order valence-electron chi connectivity index (χ4n) is 3.06. The van der Waals surface area contributed by atoms with Crippen LogP contribution in [0.1, 0.15) is 0 Å². The Balaban J connectivity index is 1.49. The first-order valence-corrected chi connectivity index (χ1v) is 9.00. The van der Waals surface area contributed by atoms with E-state index >= 15 is 0 Å². The van der Waals surface area contributed by atoms with E-state index in [0.717, 1.165) is 35.5 Å². The summed E-state index contributed by atoms with van der Waals surface area (Å²) >= 11 is 0. The Labute approximate surface area is 157 Å². The van der Waals surface area contributed by atoms with Crippen LogP contribution in [0.25, 0.3) is 10.9 Å². The van der Waals surface area contributed by atoms with E-state index in [4.69, 9.17) is 14.5 Å². The molecule has 0 bridgehead atoms. The van der Waals surface area contributed by atoms with Crippen LogP contribution in [0, 0.1) is 0 Å². The first-order valence-electron chi connectivity index (χ1n) is 9.00. The molecule has 1 saturated heterocycles. The number of rotatable bonds is 5. The molecule has 1 amide bonds. The van der Waals surface area contributed by atoms with Gasteiger partial charge in [0.2, 0.25) is 0 Å². The molecule has 1 aliphatic rings. The second kappa shape index (κ2) is 8.05. The van der Waals surface area contributed by atoms with E-state index < -0.39 is 0 Å². The molecule has 1 N–H and O–H groups in total. The summed E-state index contributed by atoms with van der Waals surface area (Å²) in [5.41, 5.74) is 1.51. The fourth-order valence-corrected chi connectivity index (χ4v) is 3.06. The predicted molar refractivity (Wildman–Crippen MR) is 105 cm³/mol. The zero-order chi connectivity index (χ0) is 18.5. The lowest BCUT2D eigenvalue weighted by Gasteiger charge is -2.28. The second-order valence-electron chi connectivity index (χ2n) is 6.30. The third-order valence-corrected chi connectivity index (χ3v) is 4.42. The van der Waals surface area contributed by atoms with Crippen molar-refractivity contribution in [3.8, 4) is 5.75 Å². The van der Waals surface area contributed by atoms with Crippen LogP contribution in [0.2, 0.25) is 0 Å². The van der Waals surface area contributed by atoms with Crippen LogP contribution in [-0.2, 0) is 9.53 Å². The van der Waals surface area contributed by atoms with Crippen molar-refractivity contribution in [3.05, 3.63) is 60.7 Å². The minimum atomic E-state index is -0.206. The normalized spacial score (nSPS) is 14.1. The third-order valence-electron chi connectivity index (χ3n) is 4.42. The van der Waals surface area contributed by atoms with Crippen LogP contribution in [0.4, 0.5) is 11.5 Å². The van der Waals surface area contributed by atoms with Gasteiger partial charge in [-0.2, -0.15) is 0 Å². The number of pyridine rings is 1. The number of nitrogens with zero attached hydrogens (tertiary/aromatic N) is 2. The number of fused-ring (bicyclic) bond motifs is 1. The molecule has 1 aromatic heterocycles. The van der Waals surface area contributed by atoms with Crippen molar-refractivity contribution in [3.63, 3.8) is 0 Å². The van der Waals surface area contributed by atoms with Crippen molar-refractivity contribution in [1.29, 1.82) is 0 Å². The van der Waals surface area contributed by atoms with Gasteiger partial charge in [-0.05, 0) is 30.3 Å². The lowest BCUT2D eigenvalue weighted by atomic mass is 10.2. The molecule has 3 aromatic rings. The summed E-state index contributed by atoms with van der Waals surface area (Å²) < 4.78 is 11.2. The molecule has 4 rings (SSSR count). The molecule has 2 heterocycles. The minimum absolute atomic E-state index is 0.0720. The molecule has 0 atom stereocenters. The first kappa shape index (κ1) is 17.3. The molecule has 6 nitrogen and oxygen atoms in total. The van der Waals surface area contributed by atoms with Gasteiger partial charge < -0.3 is 19.7 Å². The van der Waals surface area contributed by atoms with E-state index in [1.165, 1.54) is 0 Å². The molecule has 1 aliphatic heterocycles. The fraction of sp³-hybridized carbons (Fsp3) is 0.238. The number of amides is 1. The van der Waals surface area contributed by atoms with Gasteiger partial charge in [0.1, 0.15) is 17.1 Å². The summed E-state index contributed by atoms with van der Waals surface area (Å²) in [6.45, 7) is 2.98. The number of morpholine rings is 1. The molecule has 0 spiro atoms. The Morgan fingerprint density at radius 1 is 1.04 bits per heavy atom. The predicted octanol–water partition coefficient (Wildman–Crippen LogP) is 3.09. The van der Waals surface area contributed by atoms with Crippen molar-refractivity contribution in [1.82, 2.24) is 4.98 Å². The van der Waals surface area contributed by atoms with Gasteiger partial charge in [0.25, 0.3) is 5.91 Å². The van der Waals surface area contributed by atoms with E-state index in [-0.39, 0.29) is 12.5 Å². The number of benzene rings is 2. The number of hydrogen-bond donors (Lipinski definition) is 1. The number of nitrogens with one attached hydrogen (secondary N) is 1. The molecule has 0 unspecified atom stereocenters. The number of hydrogen-bond acceptors (Lipinski definition) is 5. The number of anilines is 2. The molecule has 6 heteroatoms. The van der Waals surface area contributed by atoms with Gasteiger partial charge in [0.15, 0.2) is 6.61 Å². The third kappa shape index (κ3) is 4.17. The number of ether oxygens (including phenoxy) is 2. The van der Waals surface area contributed by atoms with Gasteiger partial charge >= 0.3 is 0 Å². The van der Waals surface area contributed by atoms with Gasteiger partial charge in [-0.15, -0.1) is 0 Å². The second-order valence-corrected chi connectivity index (χ2v) is 6.30. The summed E-state index contributed by atoms with van der Waals surface area (Å²) in [4.78, 5) is 19.1. The van der Waals surface area contributed by atoms with Crippen LogP contribution < -0.4 is 15.0 Å². The summed E-state index contributed by atoms with van der Waals surface area (Å²) in [5.74, 6) is 1.30. The molecular weight excluding hydrogens is 342 g/mol. The molecular formula is C21H21N3O3. The van der Waals surface area contributed by atoms with E-state index in [2.05, 4.69) is 10.2 Å². The van der Waals surface area contributed by atoms with Crippen molar-refractivity contribution < 1.29 is 14.3 Å². The molecule has 2 aromatic carbocycles. The van der Waals surface area contributed by atoms with Crippen molar-refractivity contribution in [2.45, 2.75) is 0 Å². The lowest BCUT2D eigenvalue weighted by Crippen LogP contribution is -2.36. The smallest absolute Gasteiger partial charge is 0.262 e. The topological polar surface area (TPSA) is 63.7 Å². The van der Waals surface area contributed by atoms with Crippen LogP contribution in [0.15, 0.2) is 60.7 Å². The van der Waals surface area contributed by atoms with Gasteiger partial charge in [0.05, 0.1) is 13.2 Å². The Hall–Kier alpha value is -3.12. The van der Waals surface area contributed by atoms with Crippen LogP contribution in [0.5, 0.6) is 5.75 Å². The number of aromatic nitrogens is 1. The monoisotopic (exact) mass is 363 g/mol. The number of para-hydroxylation sites is 2. The van der Waals surface area contributed by atoms with Crippen molar-refractivity contribution in [2.75, 3.05) is 43.1 Å². The van der Waals surface area contributed by atoms with Crippen LogP contribution in [0.3, 0.4) is 0 Å². The number of carbonyl (C=O) groups excluding carboxylic acids is 1. The Morgan fingerprint density at radius 2 is 1.85 bits per heavy atom. The summed E-state index contributed by atoms with van der Waals surface area (Å²) in [6, 6.07) is 19.1. The Kier molecular flexibility index (Phi) is 5.16. The minimum Gasteiger partial charge on any atom is -0.481 e. The summed E-state index contributed by atoms with van der Waals surface area (Å²) in [7, 11) is 0. The molecule has 0 aliphatic carbocycles. The highest BCUT2D eigenvalue weighted by Crippen LogP contribution is 2.27. The van der Waals surface area contributed by atoms with Gasteiger partial charge in [-0.25, -0.2) is 4.98 Å². The zero-order valence-corrected chi connectivity index (χ0v) is 14.9. The largest absolute Gasteiger partial charge is 0.481 e. The molecule has 0 saturated carbocycles. The maximum atomic E-state index is 12.2. The van der Waals surface area contributed by atoms with E-state index in [1.54, 1.807) is 0 Å². The highest BCUT2D eigenvalue weighted by Gasteiger charge is 2.14. The molecule has 138 valence electrons. The van der Waals surface area contributed by atoms with Gasteiger partial charge in [-0.1, -0.05) is 30.3 Å². The first-order chi connectivity index (χ1) is 13.3.